The summed E-state index contributed by atoms with van der Waals surface area (Å²) in [7, 11) is 0. The molecule has 2 aromatic carbocycles. The molecule has 124 valence electrons. The molecule has 0 spiro atoms. The second kappa shape index (κ2) is 7.18. The van der Waals surface area contributed by atoms with Crippen molar-refractivity contribution in [2.45, 2.75) is 20.0 Å². The van der Waals surface area contributed by atoms with Gasteiger partial charge in [-0.15, -0.1) is 0 Å². The highest BCUT2D eigenvalue weighted by Crippen LogP contribution is 2.26. The molecule has 4 nitrogen and oxygen atoms in total. The first-order valence-corrected chi connectivity index (χ1v) is 8.60. The van der Waals surface area contributed by atoms with Gasteiger partial charge in [0.05, 0.1) is 5.92 Å². The van der Waals surface area contributed by atoms with E-state index in [4.69, 9.17) is 4.74 Å². The summed E-state index contributed by atoms with van der Waals surface area (Å²) < 4.78 is 6.35. The van der Waals surface area contributed by atoms with Crippen LogP contribution in [0.5, 0.6) is 0 Å². The van der Waals surface area contributed by atoms with Gasteiger partial charge < -0.3 is 9.64 Å². The summed E-state index contributed by atoms with van der Waals surface area (Å²) >= 11 is 3.37. The lowest BCUT2D eigenvalue weighted by Gasteiger charge is -2.16. The van der Waals surface area contributed by atoms with E-state index < -0.39 is 5.92 Å². The first-order valence-electron chi connectivity index (χ1n) is 7.81. The Morgan fingerprint density at radius 2 is 1.83 bits per heavy atom. The van der Waals surface area contributed by atoms with E-state index in [1.807, 2.05) is 55.5 Å². The third kappa shape index (κ3) is 3.85. The van der Waals surface area contributed by atoms with Crippen molar-refractivity contribution in [3.63, 3.8) is 0 Å². The molecule has 5 heteroatoms. The number of ether oxygens (including phenoxy) is 1. The van der Waals surface area contributed by atoms with E-state index in [1.165, 1.54) is 0 Å². The average molecular weight is 388 g/mol. The molecule has 3 rings (SSSR count). The number of esters is 1. The molecule has 0 bridgehead atoms. The van der Waals surface area contributed by atoms with Crippen LogP contribution in [0.15, 0.2) is 53.0 Å². The van der Waals surface area contributed by atoms with Gasteiger partial charge in [0.15, 0.2) is 0 Å². The van der Waals surface area contributed by atoms with Crippen molar-refractivity contribution in [1.82, 2.24) is 0 Å². The van der Waals surface area contributed by atoms with Gasteiger partial charge in [0.25, 0.3) is 0 Å². The van der Waals surface area contributed by atoms with Crippen molar-refractivity contribution >= 4 is 33.5 Å². The summed E-state index contributed by atoms with van der Waals surface area (Å²) in [6, 6.07) is 15.3. The second-order valence-corrected chi connectivity index (χ2v) is 6.89. The number of halogens is 1. The number of carbonyl (C=O) groups is 2. The fourth-order valence-electron chi connectivity index (χ4n) is 2.69. The number of nitrogens with zero attached hydrogens (tertiary/aromatic N) is 1. The Bertz CT molecular complexity index is 740. The lowest BCUT2D eigenvalue weighted by Crippen LogP contribution is -2.26. The molecule has 0 saturated carbocycles. The van der Waals surface area contributed by atoms with Crippen molar-refractivity contribution in [2.75, 3.05) is 11.4 Å². The van der Waals surface area contributed by atoms with E-state index in [9.17, 15) is 9.59 Å². The lowest BCUT2D eigenvalue weighted by molar-refractivity contribution is -0.149. The Balaban J connectivity index is 1.59. The summed E-state index contributed by atoms with van der Waals surface area (Å²) in [5.41, 5.74) is 2.89. The van der Waals surface area contributed by atoms with Gasteiger partial charge in [-0.25, -0.2) is 0 Å². The van der Waals surface area contributed by atoms with Gasteiger partial charge in [0.2, 0.25) is 5.91 Å². The van der Waals surface area contributed by atoms with Gasteiger partial charge >= 0.3 is 5.97 Å². The van der Waals surface area contributed by atoms with Crippen LogP contribution in [0, 0.1) is 12.8 Å². The molecule has 1 aliphatic rings. The minimum absolute atomic E-state index is 0.0376. The Labute approximate surface area is 149 Å². The first kappa shape index (κ1) is 16.7. The van der Waals surface area contributed by atoms with Crippen LogP contribution in [-0.4, -0.2) is 18.4 Å². The standard InChI is InChI=1S/C19H18BrNO3/c1-13-2-8-17(9-3-13)21-11-15(10-18(21)22)19(23)24-12-14-4-6-16(20)7-5-14/h2-9,15H,10-12H2,1H3. The van der Waals surface area contributed by atoms with E-state index in [-0.39, 0.29) is 24.9 Å². The predicted molar refractivity (Wildman–Crippen MR) is 95.6 cm³/mol. The fourth-order valence-corrected chi connectivity index (χ4v) is 2.96. The van der Waals surface area contributed by atoms with Gasteiger partial charge in [-0.1, -0.05) is 45.8 Å². The highest BCUT2D eigenvalue weighted by atomic mass is 79.9. The van der Waals surface area contributed by atoms with Crippen molar-refractivity contribution in [3.05, 3.63) is 64.1 Å². The minimum Gasteiger partial charge on any atom is -0.461 e. The normalized spacial score (nSPS) is 17.2. The summed E-state index contributed by atoms with van der Waals surface area (Å²) in [5.74, 6) is -0.764. The highest BCUT2D eigenvalue weighted by molar-refractivity contribution is 9.10. The number of rotatable bonds is 4. The predicted octanol–water partition coefficient (Wildman–Crippen LogP) is 3.85. The summed E-state index contributed by atoms with van der Waals surface area (Å²) in [6.07, 6.45) is 0.201. The molecule has 1 amide bonds. The molecular formula is C19H18BrNO3. The zero-order chi connectivity index (χ0) is 17.1. The summed E-state index contributed by atoms with van der Waals surface area (Å²) in [6.45, 7) is 2.60. The maximum Gasteiger partial charge on any atom is 0.311 e. The molecular weight excluding hydrogens is 370 g/mol. The van der Waals surface area contributed by atoms with Crippen LogP contribution in [0.4, 0.5) is 5.69 Å². The van der Waals surface area contributed by atoms with Crippen LogP contribution in [0.25, 0.3) is 0 Å². The third-order valence-corrected chi connectivity index (χ3v) is 4.63. The van der Waals surface area contributed by atoms with Crippen molar-refractivity contribution in [1.29, 1.82) is 0 Å². The number of carbonyl (C=O) groups excluding carboxylic acids is 2. The summed E-state index contributed by atoms with van der Waals surface area (Å²) in [5, 5.41) is 0. The molecule has 2 aromatic rings. The van der Waals surface area contributed by atoms with Crippen molar-refractivity contribution < 1.29 is 14.3 Å². The molecule has 1 atom stereocenters. The molecule has 24 heavy (non-hydrogen) atoms. The molecule has 0 N–H and O–H groups in total. The number of benzene rings is 2. The van der Waals surface area contributed by atoms with Gasteiger partial charge in [0.1, 0.15) is 6.61 Å². The van der Waals surface area contributed by atoms with E-state index in [0.29, 0.717) is 6.54 Å². The number of hydrogen-bond acceptors (Lipinski definition) is 3. The van der Waals surface area contributed by atoms with Gasteiger partial charge in [0, 0.05) is 23.1 Å². The Hall–Kier alpha value is -2.14. The molecule has 0 radical (unpaired) electrons. The minimum atomic E-state index is -0.408. The van der Waals surface area contributed by atoms with Crippen LogP contribution < -0.4 is 4.90 Å². The summed E-state index contributed by atoms with van der Waals surface area (Å²) in [4.78, 5) is 26.1. The number of hydrogen-bond donors (Lipinski definition) is 0. The average Bonchev–Trinajstić information content (AvgIpc) is 2.97. The van der Waals surface area contributed by atoms with Gasteiger partial charge in [-0.3, -0.25) is 9.59 Å². The van der Waals surface area contributed by atoms with E-state index in [0.717, 1.165) is 21.3 Å². The molecule has 0 aliphatic carbocycles. The fraction of sp³-hybridized carbons (Fsp3) is 0.263. The topological polar surface area (TPSA) is 46.6 Å². The molecule has 1 heterocycles. The first-order chi connectivity index (χ1) is 11.5. The molecule has 0 aromatic heterocycles. The molecule has 1 fully saturated rings. The number of amides is 1. The molecule has 1 unspecified atom stereocenters. The van der Waals surface area contributed by atoms with Crippen LogP contribution in [-0.2, 0) is 20.9 Å². The number of aryl methyl sites for hydroxylation is 1. The van der Waals surface area contributed by atoms with Gasteiger partial charge in [-0.05, 0) is 36.8 Å². The SMILES string of the molecule is Cc1ccc(N2CC(C(=O)OCc3ccc(Br)cc3)CC2=O)cc1. The Morgan fingerprint density at radius 3 is 2.50 bits per heavy atom. The maximum atomic E-state index is 12.3. The quantitative estimate of drug-likeness (QED) is 0.748. The smallest absolute Gasteiger partial charge is 0.311 e. The lowest BCUT2D eigenvalue weighted by atomic mass is 10.1. The van der Waals surface area contributed by atoms with Gasteiger partial charge in [-0.2, -0.15) is 0 Å². The largest absolute Gasteiger partial charge is 0.461 e. The molecule has 1 saturated heterocycles. The van der Waals surface area contributed by atoms with Crippen molar-refractivity contribution in [2.24, 2.45) is 5.92 Å². The monoisotopic (exact) mass is 387 g/mol. The number of anilines is 1. The van der Waals surface area contributed by atoms with Crippen LogP contribution in [0.3, 0.4) is 0 Å². The second-order valence-electron chi connectivity index (χ2n) is 5.98. The van der Waals surface area contributed by atoms with Crippen LogP contribution in [0.1, 0.15) is 17.5 Å². The zero-order valence-corrected chi connectivity index (χ0v) is 15.0. The maximum absolute atomic E-state index is 12.3. The molecule has 1 aliphatic heterocycles. The van der Waals surface area contributed by atoms with E-state index in [1.54, 1.807) is 4.90 Å². The van der Waals surface area contributed by atoms with Crippen LogP contribution in [0.2, 0.25) is 0 Å². The van der Waals surface area contributed by atoms with Crippen LogP contribution >= 0.6 is 15.9 Å². The van der Waals surface area contributed by atoms with E-state index in [2.05, 4.69) is 15.9 Å². The Morgan fingerprint density at radius 1 is 1.17 bits per heavy atom. The van der Waals surface area contributed by atoms with E-state index >= 15 is 0 Å². The Kier molecular flexibility index (Phi) is 5.00. The van der Waals surface area contributed by atoms with Crippen molar-refractivity contribution in [3.8, 4) is 0 Å². The third-order valence-electron chi connectivity index (χ3n) is 4.10. The highest BCUT2D eigenvalue weighted by Gasteiger charge is 2.36. The zero-order valence-electron chi connectivity index (χ0n) is 13.4.